The van der Waals surface area contributed by atoms with Crippen LogP contribution >= 0.6 is 0 Å². The molecule has 0 aliphatic carbocycles. The quantitative estimate of drug-likeness (QED) is 0.635. The highest BCUT2D eigenvalue weighted by Crippen LogP contribution is 2.18. The Balaban J connectivity index is 2.89. The molecule has 1 nitrogen and oxygen atoms in total. The standard InChI is InChI=1S/C8H9FO/c1-6(9)7-2-4-8(10)5-3-7/h2-6,10H,1H3. The van der Waals surface area contributed by atoms with E-state index in [1.54, 1.807) is 12.1 Å². The van der Waals surface area contributed by atoms with Crippen LogP contribution in [0.15, 0.2) is 24.3 Å². The molecule has 0 saturated carbocycles. The zero-order valence-corrected chi connectivity index (χ0v) is 5.71. The number of rotatable bonds is 1. The average Bonchev–Trinajstić information content (AvgIpc) is 1.88. The number of benzene rings is 1. The van der Waals surface area contributed by atoms with Crippen molar-refractivity contribution >= 4 is 0 Å². The van der Waals surface area contributed by atoms with E-state index in [4.69, 9.17) is 5.11 Å². The van der Waals surface area contributed by atoms with E-state index < -0.39 is 6.17 Å². The summed E-state index contributed by atoms with van der Waals surface area (Å²) >= 11 is 0. The lowest BCUT2D eigenvalue weighted by molar-refractivity contribution is 0.373. The van der Waals surface area contributed by atoms with Gasteiger partial charge in [-0.1, -0.05) is 12.1 Å². The van der Waals surface area contributed by atoms with Crippen molar-refractivity contribution in [3.63, 3.8) is 0 Å². The van der Waals surface area contributed by atoms with Crippen molar-refractivity contribution < 1.29 is 9.50 Å². The van der Waals surface area contributed by atoms with Crippen LogP contribution in [-0.4, -0.2) is 5.11 Å². The van der Waals surface area contributed by atoms with E-state index in [1.807, 2.05) is 0 Å². The van der Waals surface area contributed by atoms with Crippen molar-refractivity contribution in [2.75, 3.05) is 0 Å². The van der Waals surface area contributed by atoms with Crippen LogP contribution in [0.25, 0.3) is 0 Å². The van der Waals surface area contributed by atoms with Crippen LogP contribution in [0.4, 0.5) is 4.39 Å². The first-order valence-corrected chi connectivity index (χ1v) is 3.13. The van der Waals surface area contributed by atoms with Crippen LogP contribution < -0.4 is 0 Å². The van der Waals surface area contributed by atoms with E-state index in [9.17, 15) is 4.39 Å². The SMILES string of the molecule is CC(F)c1ccc(O)cc1. The van der Waals surface area contributed by atoms with E-state index >= 15 is 0 Å². The Labute approximate surface area is 59.1 Å². The molecule has 0 radical (unpaired) electrons. The number of halogens is 1. The summed E-state index contributed by atoms with van der Waals surface area (Å²) in [5.41, 5.74) is 0.595. The summed E-state index contributed by atoms with van der Waals surface area (Å²) in [7, 11) is 0. The molecule has 0 amide bonds. The van der Waals surface area contributed by atoms with Crippen molar-refractivity contribution in [3.8, 4) is 5.75 Å². The van der Waals surface area contributed by atoms with E-state index in [2.05, 4.69) is 0 Å². The molecule has 1 aromatic rings. The second kappa shape index (κ2) is 2.69. The summed E-state index contributed by atoms with van der Waals surface area (Å²) in [5.74, 6) is 0.171. The molecule has 0 fully saturated rings. The Bertz CT molecular complexity index is 203. The molecule has 0 aliphatic rings. The monoisotopic (exact) mass is 140 g/mol. The summed E-state index contributed by atoms with van der Waals surface area (Å²) in [6, 6.07) is 6.09. The van der Waals surface area contributed by atoms with Gasteiger partial charge in [-0.3, -0.25) is 0 Å². The van der Waals surface area contributed by atoms with E-state index in [0.717, 1.165) is 0 Å². The average molecular weight is 140 g/mol. The van der Waals surface area contributed by atoms with Crippen LogP contribution in [0.5, 0.6) is 5.75 Å². The smallest absolute Gasteiger partial charge is 0.122 e. The lowest BCUT2D eigenvalue weighted by Gasteiger charge is -1.99. The molecule has 0 saturated heterocycles. The number of aromatic hydroxyl groups is 1. The topological polar surface area (TPSA) is 20.2 Å². The summed E-state index contributed by atoms with van der Waals surface area (Å²) in [6.45, 7) is 1.46. The lowest BCUT2D eigenvalue weighted by atomic mass is 10.1. The molecule has 1 rings (SSSR count). The van der Waals surface area contributed by atoms with Crippen molar-refractivity contribution in [1.82, 2.24) is 0 Å². The van der Waals surface area contributed by atoms with Gasteiger partial charge < -0.3 is 5.11 Å². The van der Waals surface area contributed by atoms with Gasteiger partial charge in [0.2, 0.25) is 0 Å². The largest absolute Gasteiger partial charge is 0.508 e. The molecule has 0 aliphatic heterocycles. The molecular weight excluding hydrogens is 131 g/mol. The third-order valence-corrected chi connectivity index (χ3v) is 1.35. The van der Waals surface area contributed by atoms with Gasteiger partial charge in [-0.15, -0.1) is 0 Å². The molecule has 2 heteroatoms. The third-order valence-electron chi connectivity index (χ3n) is 1.35. The Morgan fingerprint density at radius 2 is 1.80 bits per heavy atom. The van der Waals surface area contributed by atoms with Crippen LogP contribution in [0, 0.1) is 0 Å². The molecule has 1 unspecified atom stereocenters. The molecule has 54 valence electrons. The predicted octanol–water partition coefficient (Wildman–Crippen LogP) is 2.42. The van der Waals surface area contributed by atoms with Crippen LogP contribution in [0.3, 0.4) is 0 Å². The van der Waals surface area contributed by atoms with Gasteiger partial charge >= 0.3 is 0 Å². The van der Waals surface area contributed by atoms with Crippen molar-refractivity contribution in [3.05, 3.63) is 29.8 Å². The number of alkyl halides is 1. The minimum Gasteiger partial charge on any atom is -0.508 e. The van der Waals surface area contributed by atoms with Crippen LogP contribution in [0.2, 0.25) is 0 Å². The van der Waals surface area contributed by atoms with Gasteiger partial charge in [0.15, 0.2) is 0 Å². The Morgan fingerprint density at radius 3 is 2.20 bits per heavy atom. The molecule has 1 atom stereocenters. The highest BCUT2D eigenvalue weighted by Gasteiger charge is 2.00. The molecule has 10 heavy (non-hydrogen) atoms. The van der Waals surface area contributed by atoms with Crippen molar-refractivity contribution in [1.29, 1.82) is 0 Å². The summed E-state index contributed by atoms with van der Waals surface area (Å²) in [6.07, 6.45) is -0.958. The fourth-order valence-electron chi connectivity index (χ4n) is 0.740. The second-order valence-electron chi connectivity index (χ2n) is 2.21. The maximum atomic E-state index is 12.5. The normalized spacial score (nSPS) is 13.0. The minimum atomic E-state index is -0.958. The summed E-state index contributed by atoms with van der Waals surface area (Å²) in [5, 5.41) is 8.82. The second-order valence-corrected chi connectivity index (χ2v) is 2.21. The van der Waals surface area contributed by atoms with Gasteiger partial charge in [0, 0.05) is 0 Å². The fraction of sp³-hybridized carbons (Fsp3) is 0.250. The zero-order chi connectivity index (χ0) is 7.56. The van der Waals surface area contributed by atoms with E-state index in [0.29, 0.717) is 5.56 Å². The molecule has 1 aromatic carbocycles. The first-order valence-electron chi connectivity index (χ1n) is 3.13. The zero-order valence-electron chi connectivity index (χ0n) is 5.71. The number of hydrogen-bond donors (Lipinski definition) is 1. The van der Waals surface area contributed by atoms with Gasteiger partial charge in [-0.25, -0.2) is 4.39 Å². The van der Waals surface area contributed by atoms with E-state index in [1.165, 1.54) is 19.1 Å². The first-order chi connectivity index (χ1) is 4.70. The number of phenolic OH excluding ortho intramolecular Hbond substituents is 1. The lowest BCUT2D eigenvalue weighted by Crippen LogP contribution is -1.82. The molecule has 0 spiro atoms. The van der Waals surface area contributed by atoms with Gasteiger partial charge in [0.1, 0.15) is 11.9 Å². The Morgan fingerprint density at radius 1 is 1.30 bits per heavy atom. The highest BCUT2D eigenvalue weighted by atomic mass is 19.1. The van der Waals surface area contributed by atoms with Crippen LogP contribution in [-0.2, 0) is 0 Å². The molecule has 0 bridgehead atoms. The van der Waals surface area contributed by atoms with Crippen molar-refractivity contribution in [2.24, 2.45) is 0 Å². The Kier molecular flexibility index (Phi) is 1.90. The van der Waals surface area contributed by atoms with Crippen molar-refractivity contribution in [2.45, 2.75) is 13.1 Å². The summed E-state index contributed by atoms with van der Waals surface area (Å²) in [4.78, 5) is 0. The third kappa shape index (κ3) is 1.47. The molecule has 0 heterocycles. The minimum absolute atomic E-state index is 0.171. The van der Waals surface area contributed by atoms with Crippen LogP contribution in [0.1, 0.15) is 18.7 Å². The van der Waals surface area contributed by atoms with Gasteiger partial charge in [-0.05, 0) is 24.6 Å². The number of phenols is 1. The Hall–Kier alpha value is -1.05. The molecule has 0 aromatic heterocycles. The van der Waals surface area contributed by atoms with Gasteiger partial charge in [-0.2, -0.15) is 0 Å². The maximum Gasteiger partial charge on any atom is 0.122 e. The van der Waals surface area contributed by atoms with Gasteiger partial charge in [0.25, 0.3) is 0 Å². The van der Waals surface area contributed by atoms with Gasteiger partial charge in [0.05, 0.1) is 0 Å². The first kappa shape index (κ1) is 7.06. The molecule has 1 N–H and O–H groups in total. The highest BCUT2D eigenvalue weighted by molar-refractivity contribution is 5.26. The fourth-order valence-corrected chi connectivity index (χ4v) is 0.740. The number of hydrogen-bond acceptors (Lipinski definition) is 1. The predicted molar refractivity (Wildman–Crippen MR) is 37.6 cm³/mol. The maximum absolute atomic E-state index is 12.5. The summed E-state index contributed by atoms with van der Waals surface area (Å²) < 4.78 is 12.5. The van der Waals surface area contributed by atoms with E-state index in [-0.39, 0.29) is 5.75 Å². The molecular formula is C8H9FO.